The van der Waals surface area contributed by atoms with E-state index in [4.69, 9.17) is 4.74 Å². The molecule has 142 valence electrons. The molecule has 0 fully saturated rings. The van der Waals surface area contributed by atoms with Gasteiger partial charge in [0.05, 0.1) is 12.7 Å². The molecule has 0 aliphatic heterocycles. The van der Waals surface area contributed by atoms with Gasteiger partial charge in [-0.05, 0) is 19.4 Å². The molecule has 0 radical (unpaired) electrons. The van der Waals surface area contributed by atoms with Crippen LogP contribution in [0.3, 0.4) is 0 Å². The van der Waals surface area contributed by atoms with E-state index in [0.717, 1.165) is 22.8 Å². The topological polar surface area (TPSA) is 96.6 Å². The number of benzene rings is 1. The number of aliphatic hydroxyl groups is 1. The average Bonchev–Trinajstić information content (AvgIpc) is 2.95. The number of nitrogens with one attached hydrogen (secondary N) is 2. The zero-order valence-corrected chi connectivity index (χ0v) is 15.9. The van der Waals surface area contributed by atoms with Crippen LogP contribution < -0.4 is 10.6 Å². The van der Waals surface area contributed by atoms with E-state index >= 15 is 0 Å². The first-order valence-corrected chi connectivity index (χ1v) is 8.62. The van der Waals surface area contributed by atoms with Gasteiger partial charge < -0.3 is 25.0 Å². The summed E-state index contributed by atoms with van der Waals surface area (Å²) in [5.74, 6) is 2.20. The van der Waals surface area contributed by atoms with Crippen LogP contribution in [0.15, 0.2) is 29.3 Å². The van der Waals surface area contributed by atoms with Gasteiger partial charge in [-0.3, -0.25) is 0 Å². The van der Waals surface area contributed by atoms with Crippen molar-refractivity contribution < 1.29 is 9.84 Å². The van der Waals surface area contributed by atoms with Gasteiger partial charge in [0.15, 0.2) is 11.8 Å². The van der Waals surface area contributed by atoms with E-state index in [2.05, 4.69) is 25.8 Å². The first-order chi connectivity index (χ1) is 12.5. The first kappa shape index (κ1) is 19.9. The molecule has 1 heterocycles. The number of rotatable bonds is 8. The average molecular weight is 360 g/mol. The van der Waals surface area contributed by atoms with Crippen LogP contribution in [0.5, 0.6) is 0 Å². The molecular weight excluding hydrogens is 332 g/mol. The van der Waals surface area contributed by atoms with Crippen molar-refractivity contribution in [2.24, 2.45) is 12.0 Å². The Bertz CT molecular complexity index is 728. The monoisotopic (exact) mass is 360 g/mol. The number of ether oxygens (including phenoxy) is 1. The third-order valence-corrected chi connectivity index (χ3v) is 4.05. The molecule has 2 aromatic rings. The summed E-state index contributed by atoms with van der Waals surface area (Å²) in [5.41, 5.74) is 1.99. The molecule has 2 rings (SSSR count). The van der Waals surface area contributed by atoms with E-state index in [1.165, 1.54) is 0 Å². The Kier molecular flexibility index (Phi) is 7.55. The summed E-state index contributed by atoms with van der Waals surface area (Å²) in [6.45, 7) is 5.81. The van der Waals surface area contributed by atoms with Crippen molar-refractivity contribution in [2.45, 2.75) is 26.5 Å². The number of hydrogen-bond acceptors (Lipinski definition) is 5. The smallest absolute Gasteiger partial charge is 0.191 e. The van der Waals surface area contributed by atoms with Gasteiger partial charge in [-0.1, -0.05) is 29.8 Å². The lowest BCUT2D eigenvalue weighted by Crippen LogP contribution is -2.41. The lowest BCUT2D eigenvalue weighted by molar-refractivity contribution is 0.180. The number of nitrogens with zero attached hydrogens (tertiary/aromatic N) is 4. The molecule has 1 aromatic heterocycles. The Morgan fingerprint density at radius 3 is 2.77 bits per heavy atom. The van der Waals surface area contributed by atoms with Crippen LogP contribution in [0.4, 0.5) is 0 Å². The molecule has 0 aliphatic rings. The van der Waals surface area contributed by atoms with E-state index in [1.807, 2.05) is 49.7 Å². The molecule has 8 heteroatoms. The second-order valence-electron chi connectivity index (χ2n) is 6.12. The van der Waals surface area contributed by atoms with E-state index in [1.54, 1.807) is 7.11 Å². The van der Waals surface area contributed by atoms with Crippen LogP contribution in [0, 0.1) is 13.8 Å². The molecule has 0 spiro atoms. The molecule has 1 unspecified atom stereocenters. The van der Waals surface area contributed by atoms with Gasteiger partial charge in [-0.15, -0.1) is 10.2 Å². The van der Waals surface area contributed by atoms with Crippen molar-refractivity contribution in [3.63, 3.8) is 0 Å². The lowest BCUT2D eigenvalue weighted by Gasteiger charge is -2.16. The van der Waals surface area contributed by atoms with Gasteiger partial charge >= 0.3 is 0 Å². The number of aliphatic hydroxyl groups excluding tert-OH is 1. The van der Waals surface area contributed by atoms with Crippen molar-refractivity contribution in [2.75, 3.05) is 26.8 Å². The summed E-state index contributed by atoms with van der Waals surface area (Å²) < 4.78 is 6.97. The van der Waals surface area contributed by atoms with Crippen LogP contribution in [-0.4, -0.2) is 52.6 Å². The fourth-order valence-electron chi connectivity index (χ4n) is 2.37. The molecule has 3 N–H and O–H groups in total. The van der Waals surface area contributed by atoms with Crippen molar-refractivity contribution in [3.8, 4) is 0 Å². The minimum atomic E-state index is -0.624. The Balaban J connectivity index is 1.99. The maximum atomic E-state index is 10.4. The van der Waals surface area contributed by atoms with Crippen molar-refractivity contribution in [1.82, 2.24) is 25.4 Å². The molecule has 1 atom stereocenters. The summed E-state index contributed by atoms with van der Waals surface area (Å²) in [6.07, 6.45) is -0.624. The fourth-order valence-corrected chi connectivity index (χ4v) is 2.37. The number of guanidine groups is 1. The number of aliphatic imine (C=N–C) groups is 1. The second-order valence-corrected chi connectivity index (χ2v) is 6.12. The third-order valence-electron chi connectivity index (χ3n) is 4.05. The molecule has 26 heavy (non-hydrogen) atoms. The molecule has 8 nitrogen and oxygen atoms in total. The van der Waals surface area contributed by atoms with E-state index in [0.29, 0.717) is 32.2 Å². The maximum Gasteiger partial charge on any atom is 0.191 e. The number of aromatic nitrogens is 3. The quantitative estimate of drug-likeness (QED) is 0.367. The molecule has 0 amide bonds. The van der Waals surface area contributed by atoms with Gasteiger partial charge in [-0.2, -0.15) is 0 Å². The van der Waals surface area contributed by atoms with Gasteiger partial charge in [0.1, 0.15) is 12.4 Å². The Morgan fingerprint density at radius 2 is 2.12 bits per heavy atom. The Morgan fingerprint density at radius 1 is 1.31 bits per heavy atom. The van der Waals surface area contributed by atoms with Gasteiger partial charge in [0.2, 0.25) is 0 Å². The summed E-state index contributed by atoms with van der Waals surface area (Å²) in [7, 11) is 3.56. The summed E-state index contributed by atoms with van der Waals surface area (Å²) >= 11 is 0. The predicted molar refractivity (Wildman–Crippen MR) is 101 cm³/mol. The fraction of sp³-hybridized carbons (Fsp3) is 0.500. The van der Waals surface area contributed by atoms with E-state index < -0.39 is 6.10 Å². The molecule has 0 aliphatic carbocycles. The zero-order valence-electron chi connectivity index (χ0n) is 15.9. The van der Waals surface area contributed by atoms with Crippen LogP contribution in [0.2, 0.25) is 0 Å². The van der Waals surface area contributed by atoms with Gasteiger partial charge in [0, 0.05) is 27.2 Å². The van der Waals surface area contributed by atoms with Crippen LogP contribution >= 0.6 is 0 Å². The number of hydrogen-bond donors (Lipinski definition) is 3. The lowest BCUT2D eigenvalue weighted by atomic mass is 10.1. The molecule has 0 saturated heterocycles. The highest BCUT2D eigenvalue weighted by Gasteiger charge is 2.10. The normalized spacial score (nSPS) is 12.9. The highest BCUT2D eigenvalue weighted by Crippen LogP contribution is 2.13. The summed E-state index contributed by atoms with van der Waals surface area (Å²) in [5, 5.41) is 24.9. The number of aryl methyl sites for hydroxylation is 2. The van der Waals surface area contributed by atoms with Crippen molar-refractivity contribution >= 4 is 5.96 Å². The van der Waals surface area contributed by atoms with Crippen molar-refractivity contribution in [1.29, 1.82) is 0 Å². The Hall–Kier alpha value is -2.45. The van der Waals surface area contributed by atoms with E-state index in [-0.39, 0.29) is 0 Å². The second kappa shape index (κ2) is 9.88. The van der Waals surface area contributed by atoms with Gasteiger partial charge in [0.25, 0.3) is 0 Å². The highest BCUT2D eigenvalue weighted by atomic mass is 16.5. The number of methoxy groups -OCH3 is 1. The highest BCUT2D eigenvalue weighted by molar-refractivity contribution is 5.79. The standard InChI is InChI=1S/C18H28N6O2/c1-13-6-5-7-15(10-13)16(25)11-20-18(19-8-9-26-4)21-12-17-23-22-14(2)24(17)3/h5-7,10,16,25H,8-9,11-12H2,1-4H3,(H2,19,20,21). The maximum absolute atomic E-state index is 10.4. The first-order valence-electron chi connectivity index (χ1n) is 8.62. The largest absolute Gasteiger partial charge is 0.387 e. The minimum absolute atomic E-state index is 0.347. The van der Waals surface area contributed by atoms with Crippen LogP contribution in [0.1, 0.15) is 28.9 Å². The van der Waals surface area contributed by atoms with Crippen LogP contribution in [-0.2, 0) is 18.3 Å². The minimum Gasteiger partial charge on any atom is -0.387 e. The molecule has 0 bridgehead atoms. The van der Waals surface area contributed by atoms with Gasteiger partial charge in [-0.25, -0.2) is 4.99 Å². The Labute approximate surface area is 154 Å². The van der Waals surface area contributed by atoms with Crippen LogP contribution in [0.25, 0.3) is 0 Å². The van der Waals surface area contributed by atoms with E-state index in [9.17, 15) is 5.11 Å². The van der Waals surface area contributed by atoms with Crippen molar-refractivity contribution in [3.05, 3.63) is 47.0 Å². The zero-order chi connectivity index (χ0) is 18.9. The molecule has 0 saturated carbocycles. The third kappa shape index (κ3) is 5.82. The SMILES string of the molecule is COCCNC(=NCc1nnc(C)n1C)NCC(O)c1cccc(C)c1. The summed E-state index contributed by atoms with van der Waals surface area (Å²) in [6, 6.07) is 7.84. The summed E-state index contributed by atoms with van der Waals surface area (Å²) in [4.78, 5) is 4.53. The molecular formula is C18H28N6O2. The predicted octanol–water partition coefficient (Wildman–Crippen LogP) is 0.847. The molecule has 1 aromatic carbocycles.